The van der Waals surface area contributed by atoms with Gasteiger partial charge in [-0.05, 0) is 36.8 Å². The lowest BCUT2D eigenvalue weighted by atomic mass is 9.87. The van der Waals surface area contributed by atoms with E-state index in [0.717, 1.165) is 44.8 Å². The van der Waals surface area contributed by atoms with Gasteiger partial charge in [0.1, 0.15) is 5.82 Å². The quantitative estimate of drug-likeness (QED) is 0.742. The summed E-state index contributed by atoms with van der Waals surface area (Å²) in [6.45, 7) is 5.87. The highest BCUT2D eigenvalue weighted by Gasteiger charge is 2.50. The summed E-state index contributed by atoms with van der Waals surface area (Å²) < 4.78 is 2.11. The van der Waals surface area contributed by atoms with Gasteiger partial charge in [-0.2, -0.15) is 0 Å². The standard InChI is InChI=1S/C24H32N4O.CH2O2/c1-17-7-3-6-10-20(17)23-21-15-27(16-22-25-11-12-26(22)2)13-19(21)14-28(23)24(29)18-8-4-5-9-18;2-1-3/h3,6-7,10-12,18-19,21,23H,4-5,8-9,13-16H2,1-2H3;1H,(H,2,3)/t19-,21-,23+;/m0./s1. The first-order valence-electron chi connectivity index (χ1n) is 11.7. The van der Waals surface area contributed by atoms with Crippen molar-refractivity contribution in [3.63, 3.8) is 0 Å². The molecule has 7 heteroatoms. The largest absolute Gasteiger partial charge is 0.483 e. The second-order valence-electron chi connectivity index (χ2n) is 9.45. The van der Waals surface area contributed by atoms with Gasteiger partial charge in [0.25, 0.3) is 6.47 Å². The highest BCUT2D eigenvalue weighted by molar-refractivity contribution is 5.80. The molecule has 1 aromatic heterocycles. The van der Waals surface area contributed by atoms with Crippen molar-refractivity contribution in [2.75, 3.05) is 19.6 Å². The summed E-state index contributed by atoms with van der Waals surface area (Å²) >= 11 is 0. The van der Waals surface area contributed by atoms with Crippen LogP contribution in [0.5, 0.6) is 0 Å². The van der Waals surface area contributed by atoms with Crippen molar-refractivity contribution in [1.29, 1.82) is 0 Å². The van der Waals surface area contributed by atoms with Gasteiger partial charge in [-0.3, -0.25) is 14.5 Å². The predicted octanol–water partition coefficient (Wildman–Crippen LogP) is 3.25. The number of carbonyl (C=O) groups excluding carboxylic acids is 1. The van der Waals surface area contributed by atoms with Crippen molar-refractivity contribution in [2.45, 2.75) is 45.2 Å². The van der Waals surface area contributed by atoms with E-state index in [1.807, 2.05) is 12.4 Å². The van der Waals surface area contributed by atoms with Crippen LogP contribution in [0.3, 0.4) is 0 Å². The van der Waals surface area contributed by atoms with Gasteiger partial charge >= 0.3 is 0 Å². The Labute approximate surface area is 190 Å². The van der Waals surface area contributed by atoms with Crippen LogP contribution in [0.4, 0.5) is 0 Å². The molecule has 1 aromatic carbocycles. The molecule has 32 heavy (non-hydrogen) atoms. The van der Waals surface area contributed by atoms with E-state index in [-0.39, 0.29) is 18.4 Å². The van der Waals surface area contributed by atoms with Crippen molar-refractivity contribution < 1.29 is 14.7 Å². The van der Waals surface area contributed by atoms with Crippen LogP contribution < -0.4 is 0 Å². The molecule has 172 valence electrons. The number of carboxylic acid groups (broad SMARTS) is 1. The Morgan fingerprint density at radius 1 is 1.19 bits per heavy atom. The highest BCUT2D eigenvalue weighted by atomic mass is 16.3. The van der Waals surface area contributed by atoms with Gasteiger partial charge in [-0.1, -0.05) is 37.1 Å². The fraction of sp³-hybridized carbons (Fsp3) is 0.560. The average Bonchev–Trinajstić information content (AvgIpc) is 3.55. The molecule has 5 rings (SSSR count). The molecule has 7 nitrogen and oxygen atoms in total. The lowest BCUT2D eigenvalue weighted by Crippen LogP contribution is -2.38. The molecule has 1 amide bonds. The lowest BCUT2D eigenvalue weighted by Gasteiger charge is -2.32. The minimum Gasteiger partial charge on any atom is -0.483 e. The van der Waals surface area contributed by atoms with Crippen LogP contribution in [0.2, 0.25) is 0 Å². The van der Waals surface area contributed by atoms with Gasteiger partial charge in [0, 0.05) is 50.9 Å². The fourth-order valence-electron chi connectivity index (χ4n) is 5.97. The molecule has 1 N–H and O–H groups in total. The number of rotatable bonds is 4. The number of benzene rings is 1. The summed E-state index contributed by atoms with van der Waals surface area (Å²) in [4.78, 5) is 31.1. The molecular formula is C25H34N4O3. The van der Waals surface area contributed by atoms with E-state index in [4.69, 9.17) is 9.90 Å². The number of hydrogen-bond acceptors (Lipinski definition) is 4. The first-order chi connectivity index (χ1) is 15.5. The number of imidazole rings is 1. The maximum atomic E-state index is 13.5. The molecule has 2 saturated heterocycles. The minimum absolute atomic E-state index is 0.223. The molecule has 2 aromatic rings. The third-order valence-corrected chi connectivity index (χ3v) is 7.52. The zero-order valence-electron chi connectivity index (χ0n) is 19.1. The topological polar surface area (TPSA) is 78.7 Å². The molecule has 0 unspecified atom stereocenters. The van der Waals surface area contributed by atoms with Gasteiger partial charge < -0.3 is 14.6 Å². The molecule has 3 aliphatic rings. The van der Waals surface area contributed by atoms with Crippen LogP contribution in [0.25, 0.3) is 0 Å². The number of nitrogens with zero attached hydrogens (tertiary/aromatic N) is 4. The summed E-state index contributed by atoms with van der Waals surface area (Å²) in [6, 6.07) is 8.91. The van der Waals surface area contributed by atoms with Gasteiger partial charge in [0.05, 0.1) is 12.6 Å². The highest BCUT2D eigenvalue weighted by Crippen LogP contribution is 2.47. The molecule has 0 spiro atoms. The number of hydrogen-bond donors (Lipinski definition) is 1. The molecule has 0 bridgehead atoms. The molecule has 1 aliphatic carbocycles. The number of likely N-dealkylation sites (tertiary alicyclic amines) is 2. The van der Waals surface area contributed by atoms with Gasteiger partial charge in [0.2, 0.25) is 5.91 Å². The summed E-state index contributed by atoms with van der Waals surface area (Å²) in [7, 11) is 2.07. The summed E-state index contributed by atoms with van der Waals surface area (Å²) in [5.41, 5.74) is 2.66. The van der Waals surface area contributed by atoms with E-state index in [1.54, 1.807) is 0 Å². The fourth-order valence-corrected chi connectivity index (χ4v) is 5.97. The van der Waals surface area contributed by atoms with Crippen molar-refractivity contribution in [1.82, 2.24) is 19.4 Å². The van der Waals surface area contributed by atoms with Crippen LogP contribution in [0.1, 0.15) is 48.7 Å². The molecule has 2 aliphatic heterocycles. The molecule has 3 heterocycles. The van der Waals surface area contributed by atoms with E-state index >= 15 is 0 Å². The van der Waals surface area contributed by atoms with Gasteiger partial charge in [-0.25, -0.2) is 4.98 Å². The van der Waals surface area contributed by atoms with Crippen LogP contribution in [0.15, 0.2) is 36.7 Å². The van der Waals surface area contributed by atoms with Gasteiger partial charge in [-0.15, -0.1) is 0 Å². The zero-order valence-corrected chi connectivity index (χ0v) is 19.1. The summed E-state index contributed by atoms with van der Waals surface area (Å²) in [5, 5.41) is 6.89. The second-order valence-corrected chi connectivity index (χ2v) is 9.45. The van der Waals surface area contributed by atoms with Crippen molar-refractivity contribution in [3.05, 3.63) is 53.6 Å². The average molecular weight is 439 g/mol. The minimum atomic E-state index is -0.250. The molecule has 3 fully saturated rings. The Morgan fingerprint density at radius 3 is 2.56 bits per heavy atom. The Balaban J connectivity index is 0.000000775. The van der Waals surface area contributed by atoms with Crippen LogP contribution in [-0.4, -0.2) is 56.5 Å². The third-order valence-electron chi connectivity index (χ3n) is 7.52. The van der Waals surface area contributed by atoms with Crippen molar-refractivity contribution in [2.24, 2.45) is 24.8 Å². The van der Waals surface area contributed by atoms with E-state index < -0.39 is 0 Å². The molecule has 3 atom stereocenters. The number of amides is 1. The molecule has 1 saturated carbocycles. The number of aromatic nitrogens is 2. The number of aryl methyl sites for hydroxylation is 2. The van der Waals surface area contributed by atoms with E-state index in [1.165, 1.54) is 24.0 Å². The number of carbonyl (C=O) groups is 2. The maximum absolute atomic E-state index is 13.5. The van der Waals surface area contributed by atoms with Crippen LogP contribution >= 0.6 is 0 Å². The predicted molar refractivity (Wildman–Crippen MR) is 122 cm³/mol. The van der Waals surface area contributed by atoms with Gasteiger partial charge in [0.15, 0.2) is 0 Å². The van der Waals surface area contributed by atoms with E-state index in [0.29, 0.717) is 17.7 Å². The monoisotopic (exact) mass is 438 g/mol. The molecule has 0 radical (unpaired) electrons. The van der Waals surface area contributed by atoms with Crippen molar-refractivity contribution in [3.8, 4) is 0 Å². The second kappa shape index (κ2) is 9.86. The molecular weight excluding hydrogens is 404 g/mol. The first-order valence-corrected chi connectivity index (χ1v) is 11.7. The Kier molecular flexibility index (Phi) is 6.94. The SMILES string of the molecule is Cc1ccccc1[C@@H]1[C@H]2CN(Cc3nccn3C)C[C@H]2CN1C(=O)C1CCCC1.O=CO. The van der Waals surface area contributed by atoms with Crippen molar-refractivity contribution >= 4 is 12.4 Å². The Hall–Kier alpha value is -2.67. The number of fused-ring (bicyclic) bond motifs is 1. The normalized spacial score (nSPS) is 25.4. The zero-order chi connectivity index (χ0) is 22.7. The Bertz CT molecular complexity index is 937. The van der Waals surface area contributed by atoms with E-state index in [9.17, 15) is 4.79 Å². The Morgan fingerprint density at radius 2 is 1.91 bits per heavy atom. The maximum Gasteiger partial charge on any atom is 0.290 e. The van der Waals surface area contributed by atoms with Crippen LogP contribution in [-0.2, 0) is 23.2 Å². The summed E-state index contributed by atoms with van der Waals surface area (Å²) in [5.74, 6) is 2.87. The third kappa shape index (κ3) is 4.44. The lowest BCUT2D eigenvalue weighted by molar-refractivity contribution is -0.137. The smallest absolute Gasteiger partial charge is 0.290 e. The van der Waals surface area contributed by atoms with E-state index in [2.05, 4.69) is 57.6 Å². The first kappa shape index (κ1) is 22.5. The summed E-state index contributed by atoms with van der Waals surface area (Å²) in [6.07, 6.45) is 8.48. The van der Waals surface area contributed by atoms with Crippen LogP contribution in [0, 0.1) is 24.7 Å².